The molecule has 0 spiro atoms. The molecule has 148 valence electrons. The van der Waals surface area contributed by atoms with Gasteiger partial charge in [-0.2, -0.15) is 0 Å². The summed E-state index contributed by atoms with van der Waals surface area (Å²) in [5.74, 6) is 0.947. The van der Waals surface area contributed by atoms with Crippen LogP contribution in [0.1, 0.15) is 45.7 Å². The molecule has 1 unspecified atom stereocenters. The average Bonchev–Trinajstić information content (AvgIpc) is 3.03. The van der Waals surface area contributed by atoms with E-state index in [4.69, 9.17) is 16.3 Å². The molecule has 1 aromatic carbocycles. The van der Waals surface area contributed by atoms with Crippen molar-refractivity contribution in [1.29, 1.82) is 0 Å². The van der Waals surface area contributed by atoms with Crippen LogP contribution in [0.4, 0.5) is 0 Å². The minimum Gasteiger partial charge on any atom is -0.489 e. The molecule has 0 aliphatic heterocycles. The maximum Gasteiger partial charge on any atom is 0.127 e. The summed E-state index contributed by atoms with van der Waals surface area (Å²) in [4.78, 5) is 0. The van der Waals surface area contributed by atoms with Crippen LogP contribution < -0.4 is 4.74 Å². The fourth-order valence-corrected chi connectivity index (χ4v) is 5.11. The highest BCUT2D eigenvalue weighted by atomic mass is 35.5. The lowest BCUT2D eigenvalue weighted by Gasteiger charge is -2.33. The lowest BCUT2D eigenvalue weighted by molar-refractivity contribution is 0.341. The summed E-state index contributed by atoms with van der Waals surface area (Å²) in [5.41, 5.74) is 3.96. The topological polar surface area (TPSA) is 9.23 Å². The first-order valence-corrected chi connectivity index (χ1v) is 13.7. The van der Waals surface area contributed by atoms with Gasteiger partial charge in [-0.15, -0.1) is 0 Å². The van der Waals surface area contributed by atoms with E-state index in [2.05, 4.69) is 85.1 Å². The third-order valence-corrected chi connectivity index (χ3v) is 8.02. The molecule has 1 atom stereocenters. The molecule has 0 saturated heterocycles. The summed E-state index contributed by atoms with van der Waals surface area (Å²) in [6, 6.07) is 4.12. The van der Waals surface area contributed by atoms with Crippen molar-refractivity contribution in [3.8, 4) is 5.75 Å². The van der Waals surface area contributed by atoms with Crippen LogP contribution in [0.25, 0.3) is 0 Å². The summed E-state index contributed by atoms with van der Waals surface area (Å²) >= 11 is 6.57. The molecule has 1 nitrogen and oxygen atoms in total. The average molecular weight is 403 g/mol. The smallest absolute Gasteiger partial charge is 0.127 e. The van der Waals surface area contributed by atoms with Crippen molar-refractivity contribution in [3.05, 3.63) is 64.7 Å². The summed E-state index contributed by atoms with van der Waals surface area (Å²) < 4.78 is 6.22. The van der Waals surface area contributed by atoms with E-state index >= 15 is 0 Å². The van der Waals surface area contributed by atoms with Crippen molar-refractivity contribution in [2.45, 2.75) is 70.6 Å². The molecule has 0 bridgehead atoms. The van der Waals surface area contributed by atoms with Crippen LogP contribution in [0, 0.1) is 0 Å². The van der Waals surface area contributed by atoms with Gasteiger partial charge in [0.15, 0.2) is 0 Å². The van der Waals surface area contributed by atoms with Gasteiger partial charge >= 0.3 is 0 Å². The van der Waals surface area contributed by atoms with Crippen molar-refractivity contribution < 1.29 is 4.74 Å². The highest BCUT2D eigenvalue weighted by molar-refractivity contribution is 6.78. The van der Waals surface area contributed by atoms with Crippen molar-refractivity contribution >= 4 is 19.7 Å². The predicted octanol–water partition coefficient (Wildman–Crippen LogP) is 7.68. The van der Waals surface area contributed by atoms with Gasteiger partial charge in [-0.05, 0) is 28.7 Å². The minimum atomic E-state index is -1.27. The van der Waals surface area contributed by atoms with E-state index in [-0.39, 0.29) is 10.8 Å². The molecular weight excluding hydrogens is 368 g/mol. The van der Waals surface area contributed by atoms with E-state index in [0.717, 1.165) is 21.9 Å². The fourth-order valence-electron chi connectivity index (χ4n) is 3.54. The van der Waals surface area contributed by atoms with Gasteiger partial charge in [0, 0.05) is 21.6 Å². The highest BCUT2D eigenvalue weighted by Crippen LogP contribution is 2.47. The molecule has 0 saturated carbocycles. The van der Waals surface area contributed by atoms with Crippen LogP contribution in [0.15, 0.2) is 48.6 Å². The molecule has 3 heteroatoms. The fraction of sp³-hybridized carbons (Fsp3) is 0.500. The van der Waals surface area contributed by atoms with Crippen molar-refractivity contribution in [3.63, 3.8) is 0 Å². The molecule has 1 aliphatic carbocycles. The van der Waals surface area contributed by atoms with E-state index in [9.17, 15) is 0 Å². The third kappa shape index (κ3) is 4.78. The number of halogens is 1. The first-order chi connectivity index (χ1) is 12.3. The lowest BCUT2D eigenvalue weighted by atomic mass is 9.74. The Morgan fingerprint density at radius 2 is 1.70 bits per heavy atom. The standard InChI is InChI=1S/C24H35ClOSi/c1-10-13-26-22-20(23(2,3)4)15-18(25)16-21(22)24(5,6)17-11-12-19(14-17)27(7,8)9/h10-12,14-16,19H,1,13H2,2-9H3. The Balaban J connectivity index is 2.64. The van der Waals surface area contributed by atoms with Gasteiger partial charge in [-0.3, -0.25) is 0 Å². The van der Waals surface area contributed by atoms with Gasteiger partial charge in [-0.25, -0.2) is 0 Å². The van der Waals surface area contributed by atoms with E-state index in [1.807, 2.05) is 6.07 Å². The zero-order valence-corrected chi connectivity index (χ0v) is 20.0. The van der Waals surface area contributed by atoms with Gasteiger partial charge in [-0.1, -0.05) is 96.7 Å². The molecule has 0 fully saturated rings. The second-order valence-electron chi connectivity index (χ2n) is 10.2. The maximum absolute atomic E-state index is 6.57. The summed E-state index contributed by atoms with van der Waals surface area (Å²) in [6.07, 6.45) is 8.94. The van der Waals surface area contributed by atoms with Crippen molar-refractivity contribution in [1.82, 2.24) is 0 Å². The molecule has 1 aliphatic rings. The Morgan fingerprint density at radius 1 is 1.11 bits per heavy atom. The molecule has 0 heterocycles. The Hall–Kier alpha value is -1.25. The number of rotatable bonds is 6. The van der Waals surface area contributed by atoms with Gasteiger partial charge in [0.1, 0.15) is 12.4 Å². The predicted molar refractivity (Wildman–Crippen MR) is 123 cm³/mol. The van der Waals surface area contributed by atoms with Crippen LogP contribution in [0.2, 0.25) is 30.2 Å². The molecular formula is C24H35ClOSi. The number of hydrogen-bond acceptors (Lipinski definition) is 1. The van der Waals surface area contributed by atoms with Gasteiger partial charge in [0.2, 0.25) is 0 Å². The first kappa shape index (κ1) is 22.0. The van der Waals surface area contributed by atoms with Crippen LogP contribution >= 0.6 is 11.6 Å². The SMILES string of the molecule is C=CCOc1c(C(C)(C)C)cc(Cl)cc1C(C)(C)C1=CC([Si](C)(C)C)C=C1. The second kappa shape index (κ2) is 7.64. The minimum absolute atomic E-state index is 0.0625. The van der Waals surface area contributed by atoms with E-state index in [0.29, 0.717) is 12.1 Å². The summed E-state index contributed by atoms with van der Waals surface area (Å²) in [5, 5.41) is 0.762. The quantitative estimate of drug-likeness (QED) is 0.350. The van der Waals surface area contributed by atoms with Gasteiger partial charge in [0.25, 0.3) is 0 Å². The molecule has 2 rings (SSSR count). The number of ether oxygens (including phenoxy) is 1. The molecule has 1 aromatic rings. The van der Waals surface area contributed by atoms with Crippen LogP contribution in [0.5, 0.6) is 5.75 Å². The van der Waals surface area contributed by atoms with E-state index in [1.54, 1.807) is 6.08 Å². The lowest BCUT2D eigenvalue weighted by Crippen LogP contribution is -2.26. The molecule has 0 radical (unpaired) electrons. The Morgan fingerprint density at radius 3 is 2.19 bits per heavy atom. The Bertz CT molecular complexity index is 773. The Kier molecular flexibility index (Phi) is 6.23. The summed E-state index contributed by atoms with van der Waals surface area (Å²) in [7, 11) is -1.27. The second-order valence-corrected chi connectivity index (χ2v) is 16.0. The third-order valence-electron chi connectivity index (χ3n) is 5.44. The molecule has 27 heavy (non-hydrogen) atoms. The largest absolute Gasteiger partial charge is 0.489 e. The zero-order valence-electron chi connectivity index (χ0n) is 18.2. The van der Waals surface area contributed by atoms with Crippen LogP contribution in [-0.4, -0.2) is 14.7 Å². The highest BCUT2D eigenvalue weighted by Gasteiger charge is 2.35. The van der Waals surface area contributed by atoms with Crippen LogP contribution in [0.3, 0.4) is 0 Å². The van der Waals surface area contributed by atoms with Crippen molar-refractivity contribution in [2.24, 2.45) is 0 Å². The monoisotopic (exact) mass is 402 g/mol. The van der Waals surface area contributed by atoms with Crippen molar-refractivity contribution in [2.75, 3.05) is 6.61 Å². The van der Waals surface area contributed by atoms with Crippen LogP contribution in [-0.2, 0) is 10.8 Å². The Labute approximate surface area is 172 Å². The maximum atomic E-state index is 6.57. The normalized spacial score (nSPS) is 17.8. The zero-order chi connectivity index (χ0) is 20.6. The summed E-state index contributed by atoms with van der Waals surface area (Å²) in [6.45, 7) is 22.7. The van der Waals surface area contributed by atoms with Gasteiger partial charge in [0.05, 0.1) is 8.07 Å². The molecule has 0 amide bonds. The van der Waals surface area contributed by atoms with E-state index in [1.165, 1.54) is 5.57 Å². The van der Waals surface area contributed by atoms with Gasteiger partial charge < -0.3 is 4.74 Å². The van der Waals surface area contributed by atoms with E-state index < -0.39 is 8.07 Å². The molecule has 0 N–H and O–H groups in total. The number of hydrogen-bond donors (Lipinski definition) is 0. The molecule has 0 aromatic heterocycles. The number of allylic oxidation sites excluding steroid dienone is 4. The number of benzene rings is 1. The first-order valence-electron chi connectivity index (χ1n) is 9.77.